The van der Waals surface area contributed by atoms with Gasteiger partial charge in [-0.25, -0.2) is 22.0 Å². The first-order valence-electron chi connectivity index (χ1n) is 6.51. The van der Waals surface area contributed by atoms with Crippen LogP contribution in [0.4, 0.5) is 8.78 Å². The molecule has 1 aromatic rings. The van der Waals surface area contributed by atoms with Crippen molar-refractivity contribution < 1.29 is 37.0 Å². The zero-order valence-corrected chi connectivity index (χ0v) is 12.7. The van der Waals surface area contributed by atoms with Gasteiger partial charge in [0, 0.05) is 6.54 Å². The fraction of sp³-hybridized carbons (Fsp3) is 0.385. The Balaban J connectivity index is 2.64. The van der Waals surface area contributed by atoms with Gasteiger partial charge >= 0.3 is 11.9 Å². The number of hydrogen-bond acceptors (Lipinski definition) is 4. The van der Waals surface area contributed by atoms with Crippen LogP contribution in [-0.2, 0) is 14.8 Å². The summed E-state index contributed by atoms with van der Waals surface area (Å²) < 4.78 is 53.4. The number of sulfonamides is 1. The fourth-order valence-corrected chi connectivity index (χ4v) is 4.46. The second kappa shape index (κ2) is 5.53. The van der Waals surface area contributed by atoms with E-state index in [0.717, 1.165) is 0 Å². The van der Waals surface area contributed by atoms with Gasteiger partial charge in [-0.1, -0.05) is 0 Å². The van der Waals surface area contributed by atoms with Gasteiger partial charge in [0.2, 0.25) is 10.0 Å². The van der Waals surface area contributed by atoms with Gasteiger partial charge in [0.1, 0.15) is 21.8 Å². The van der Waals surface area contributed by atoms with Crippen LogP contribution in [0.1, 0.15) is 30.1 Å². The van der Waals surface area contributed by atoms with Crippen molar-refractivity contribution in [2.45, 2.75) is 30.2 Å². The summed E-state index contributed by atoms with van der Waals surface area (Å²) in [7, 11) is -4.65. The summed E-state index contributed by atoms with van der Waals surface area (Å²) in [6, 6.07) is 1.11. The summed E-state index contributed by atoms with van der Waals surface area (Å²) >= 11 is 0. The molecular formula is C13H13F2NO6S. The zero-order chi connectivity index (χ0) is 17.6. The van der Waals surface area contributed by atoms with Crippen LogP contribution in [0.2, 0.25) is 0 Å². The van der Waals surface area contributed by atoms with E-state index in [1.54, 1.807) is 0 Å². The molecule has 1 fully saturated rings. The van der Waals surface area contributed by atoms with E-state index in [1.165, 1.54) is 6.92 Å². The highest BCUT2D eigenvalue weighted by Crippen LogP contribution is 2.36. The highest BCUT2D eigenvalue weighted by atomic mass is 32.2. The first-order chi connectivity index (χ1) is 10.5. The van der Waals surface area contributed by atoms with E-state index in [-0.39, 0.29) is 19.4 Å². The third-order valence-corrected chi connectivity index (χ3v) is 5.91. The summed E-state index contributed by atoms with van der Waals surface area (Å²) in [4.78, 5) is 21.2. The molecule has 0 spiro atoms. The second-order valence-corrected chi connectivity index (χ2v) is 7.13. The average Bonchev–Trinajstić information content (AvgIpc) is 2.82. The van der Waals surface area contributed by atoms with Crippen molar-refractivity contribution in [2.24, 2.45) is 0 Å². The number of carboxylic acid groups (broad SMARTS) is 2. The van der Waals surface area contributed by atoms with Crippen LogP contribution in [0.3, 0.4) is 0 Å². The fourth-order valence-electron chi connectivity index (χ4n) is 2.58. The molecule has 10 heteroatoms. The highest BCUT2D eigenvalue weighted by molar-refractivity contribution is 7.89. The minimum Gasteiger partial charge on any atom is -0.480 e. The standard InChI is InChI=1S/C13H13F2NO6S/c1-13(12(19)20)5-2-6-16(13)23(21,22)8-4-3-7(14)9(10(8)15)11(17)18/h3-4H,2,5-6H2,1H3,(H,17,18)(H,19,20)/t13-/m1/s1. The van der Waals surface area contributed by atoms with E-state index in [1.807, 2.05) is 0 Å². The lowest BCUT2D eigenvalue weighted by Crippen LogP contribution is -2.50. The van der Waals surface area contributed by atoms with Crippen molar-refractivity contribution in [3.8, 4) is 0 Å². The van der Waals surface area contributed by atoms with Crippen molar-refractivity contribution in [3.05, 3.63) is 29.3 Å². The van der Waals surface area contributed by atoms with Crippen molar-refractivity contribution >= 4 is 22.0 Å². The second-order valence-electron chi connectivity index (χ2n) is 5.30. The number of aliphatic carboxylic acids is 1. The minimum absolute atomic E-state index is 0.0240. The number of carboxylic acids is 2. The molecule has 2 N–H and O–H groups in total. The van der Waals surface area contributed by atoms with Gasteiger partial charge in [0.05, 0.1) is 0 Å². The molecule has 1 aliphatic heterocycles. The van der Waals surface area contributed by atoms with Crippen LogP contribution in [0, 0.1) is 11.6 Å². The van der Waals surface area contributed by atoms with E-state index in [2.05, 4.69) is 0 Å². The van der Waals surface area contributed by atoms with Gasteiger partial charge in [-0.05, 0) is 31.9 Å². The van der Waals surface area contributed by atoms with Gasteiger partial charge in [-0.2, -0.15) is 4.31 Å². The predicted molar refractivity (Wildman–Crippen MR) is 72.5 cm³/mol. The molecule has 126 valence electrons. The highest BCUT2D eigenvalue weighted by Gasteiger charge is 2.50. The van der Waals surface area contributed by atoms with Gasteiger partial charge < -0.3 is 10.2 Å². The Labute approximate surface area is 130 Å². The molecule has 1 saturated heterocycles. The maximum atomic E-state index is 14.2. The van der Waals surface area contributed by atoms with Crippen molar-refractivity contribution in [3.63, 3.8) is 0 Å². The minimum atomic E-state index is -4.65. The molecular weight excluding hydrogens is 336 g/mol. The molecule has 1 atom stereocenters. The first kappa shape index (κ1) is 17.3. The molecule has 0 bridgehead atoms. The molecule has 0 aliphatic carbocycles. The Bertz CT molecular complexity index is 794. The molecule has 2 rings (SSSR count). The van der Waals surface area contributed by atoms with Crippen LogP contribution in [0.25, 0.3) is 0 Å². The van der Waals surface area contributed by atoms with E-state index in [0.29, 0.717) is 16.4 Å². The number of hydrogen-bond donors (Lipinski definition) is 2. The molecule has 1 aliphatic rings. The maximum absolute atomic E-state index is 14.2. The summed E-state index contributed by atoms with van der Waals surface area (Å²) in [5.41, 5.74) is -3.18. The molecule has 0 saturated carbocycles. The number of aromatic carboxylic acids is 1. The number of halogens is 2. The Kier molecular flexibility index (Phi) is 4.16. The molecule has 0 radical (unpaired) electrons. The normalized spacial score (nSPS) is 22.2. The Morgan fingerprint density at radius 2 is 1.87 bits per heavy atom. The predicted octanol–water partition coefficient (Wildman–Crippen LogP) is 1.29. The van der Waals surface area contributed by atoms with Crippen LogP contribution in [-0.4, -0.2) is 47.0 Å². The lowest BCUT2D eigenvalue weighted by atomic mass is 10.0. The summed E-state index contributed by atoms with van der Waals surface area (Å²) in [5, 5.41) is 18.1. The molecule has 0 aromatic heterocycles. The summed E-state index contributed by atoms with van der Waals surface area (Å²) in [5.74, 6) is -6.53. The van der Waals surface area contributed by atoms with E-state index < -0.39 is 49.6 Å². The van der Waals surface area contributed by atoms with Crippen LogP contribution < -0.4 is 0 Å². The topological polar surface area (TPSA) is 112 Å². The average molecular weight is 349 g/mol. The van der Waals surface area contributed by atoms with Crippen molar-refractivity contribution in [2.75, 3.05) is 6.54 Å². The zero-order valence-electron chi connectivity index (χ0n) is 11.9. The molecule has 1 aromatic carbocycles. The maximum Gasteiger partial charge on any atom is 0.341 e. The third-order valence-electron chi connectivity index (χ3n) is 3.87. The van der Waals surface area contributed by atoms with E-state index in [4.69, 9.17) is 5.11 Å². The summed E-state index contributed by atoms with van der Waals surface area (Å²) in [6.45, 7) is 1.02. The van der Waals surface area contributed by atoms with Gasteiger partial charge in [0.15, 0.2) is 5.82 Å². The van der Waals surface area contributed by atoms with Crippen LogP contribution in [0.15, 0.2) is 17.0 Å². The van der Waals surface area contributed by atoms with Gasteiger partial charge in [0.25, 0.3) is 0 Å². The molecule has 1 heterocycles. The number of rotatable bonds is 4. The van der Waals surface area contributed by atoms with E-state index in [9.17, 15) is 31.9 Å². The van der Waals surface area contributed by atoms with Crippen LogP contribution in [0.5, 0.6) is 0 Å². The largest absolute Gasteiger partial charge is 0.480 e. The molecule has 23 heavy (non-hydrogen) atoms. The van der Waals surface area contributed by atoms with Crippen LogP contribution >= 0.6 is 0 Å². The first-order valence-corrected chi connectivity index (χ1v) is 7.95. The Morgan fingerprint density at radius 1 is 1.26 bits per heavy atom. The SMILES string of the molecule is C[C@]1(C(=O)O)CCCN1S(=O)(=O)c1ccc(F)c(C(=O)O)c1F. The Morgan fingerprint density at radius 3 is 2.39 bits per heavy atom. The lowest BCUT2D eigenvalue weighted by molar-refractivity contribution is -0.146. The Hall–Kier alpha value is -2.07. The number of carbonyl (C=O) groups is 2. The molecule has 7 nitrogen and oxygen atoms in total. The van der Waals surface area contributed by atoms with Crippen molar-refractivity contribution in [1.29, 1.82) is 0 Å². The molecule has 0 unspecified atom stereocenters. The van der Waals surface area contributed by atoms with Gasteiger partial charge in [-0.15, -0.1) is 0 Å². The quantitative estimate of drug-likeness (QED) is 0.847. The van der Waals surface area contributed by atoms with Crippen molar-refractivity contribution in [1.82, 2.24) is 4.31 Å². The van der Waals surface area contributed by atoms with E-state index >= 15 is 0 Å². The number of nitrogens with zero attached hydrogens (tertiary/aromatic N) is 1. The lowest BCUT2D eigenvalue weighted by Gasteiger charge is -2.30. The summed E-state index contributed by atoms with van der Waals surface area (Å²) in [6.07, 6.45) is 0.271. The molecule has 0 amide bonds. The number of benzene rings is 1. The third kappa shape index (κ3) is 2.57. The smallest absolute Gasteiger partial charge is 0.341 e. The monoisotopic (exact) mass is 349 g/mol. The van der Waals surface area contributed by atoms with Gasteiger partial charge in [-0.3, -0.25) is 4.79 Å².